The molecule has 3 saturated heterocycles. The van der Waals surface area contributed by atoms with Crippen LogP contribution >= 0.6 is 11.3 Å². The minimum Gasteiger partial charge on any atom is -0.496 e. The number of nitriles is 1. The number of aryl methyl sites for hydroxylation is 1. The number of piperazine rings is 1. The summed E-state index contributed by atoms with van der Waals surface area (Å²) in [7, 11) is 5.05. The Kier molecular flexibility index (Phi) is 7.30. The molecule has 5 heterocycles. The molecule has 3 aliphatic rings. The fourth-order valence-electron chi connectivity index (χ4n) is 5.65. The van der Waals surface area contributed by atoms with Gasteiger partial charge in [0.05, 0.1) is 19.8 Å². The van der Waals surface area contributed by atoms with Crippen molar-refractivity contribution in [2.45, 2.75) is 38.9 Å². The molecule has 0 N–H and O–H groups in total. The van der Waals surface area contributed by atoms with E-state index in [0.717, 1.165) is 28.7 Å². The Labute approximate surface area is 231 Å². The first-order chi connectivity index (χ1) is 18.7. The number of carbonyl (C=O) groups is 1. The van der Waals surface area contributed by atoms with Crippen LogP contribution in [0.4, 0.5) is 0 Å². The number of carbonyl (C=O) groups excluding carboxylic acids is 1. The molecule has 3 fully saturated rings. The summed E-state index contributed by atoms with van der Waals surface area (Å²) in [5.41, 5.74) is 4.55. The normalized spacial score (nSPS) is 18.9. The number of hydrogen-bond donors (Lipinski definition) is 0. The average Bonchev–Trinajstić information content (AvgIpc) is 3.45. The lowest BCUT2D eigenvalue weighted by Gasteiger charge is -2.56. The number of ether oxygens (including phenoxy) is 2. The monoisotopic (exact) mass is 545 g/mol. The van der Waals surface area contributed by atoms with Crippen LogP contribution in [0.5, 0.6) is 11.5 Å². The predicted molar refractivity (Wildman–Crippen MR) is 150 cm³/mol. The molecule has 0 saturated carbocycles. The maximum Gasteiger partial charge on any atom is 0.265 e. The number of piperidine rings is 1. The Hall–Kier alpha value is -3.94. The SMILES string of the molecule is COc1cc(-c2cn(C)c(=O)c(C)c2C)cc(OC)c1CN1CC2CC(C1)N2C(=O)/C(C#N)=C/c1nccs1. The predicted octanol–water partition coefficient (Wildman–Crippen LogP) is 3.54. The molecular formula is C29H31N5O4S. The number of amides is 1. The molecule has 3 aliphatic heterocycles. The van der Waals surface area contributed by atoms with E-state index in [9.17, 15) is 14.9 Å². The Morgan fingerprint density at radius 3 is 2.41 bits per heavy atom. The Balaban J connectivity index is 1.37. The summed E-state index contributed by atoms with van der Waals surface area (Å²) in [4.78, 5) is 33.9. The van der Waals surface area contributed by atoms with E-state index < -0.39 is 0 Å². The van der Waals surface area contributed by atoms with Crippen molar-refractivity contribution >= 4 is 23.3 Å². The minimum absolute atomic E-state index is 0.0106. The van der Waals surface area contributed by atoms with E-state index in [0.29, 0.717) is 41.7 Å². The van der Waals surface area contributed by atoms with Gasteiger partial charge in [-0.3, -0.25) is 14.5 Å². The standard InChI is InChI=1S/C29H31N5O4S/c1-17-18(2)28(35)32(3)15-23(17)19-8-25(37-4)24(26(9-19)38-5)16-33-13-21-11-22(14-33)34(21)29(36)20(12-30)10-27-31-6-7-39-27/h6-10,15,21-22H,11,13-14,16H2,1-5H3/b20-10+. The average molecular weight is 546 g/mol. The number of pyridine rings is 1. The van der Waals surface area contributed by atoms with E-state index >= 15 is 0 Å². The highest BCUT2D eigenvalue weighted by Gasteiger charge is 2.48. The highest BCUT2D eigenvalue weighted by Crippen LogP contribution is 2.40. The lowest BCUT2D eigenvalue weighted by Crippen LogP contribution is -2.70. The minimum atomic E-state index is -0.226. The van der Waals surface area contributed by atoms with Crippen molar-refractivity contribution in [2.75, 3.05) is 27.3 Å². The summed E-state index contributed by atoms with van der Waals surface area (Å²) in [6.45, 7) is 5.80. The number of methoxy groups -OCH3 is 2. The Bertz CT molecular complexity index is 1520. The quantitative estimate of drug-likeness (QED) is 0.331. The van der Waals surface area contributed by atoms with Gasteiger partial charge in [-0.1, -0.05) is 0 Å². The van der Waals surface area contributed by atoms with Crippen LogP contribution in [0.2, 0.25) is 0 Å². The van der Waals surface area contributed by atoms with Crippen LogP contribution < -0.4 is 15.0 Å². The molecule has 2 unspecified atom stereocenters. The second-order valence-corrected chi connectivity index (χ2v) is 11.0. The number of fused-ring (bicyclic) bond motifs is 2. The largest absolute Gasteiger partial charge is 0.496 e. The van der Waals surface area contributed by atoms with Gasteiger partial charge >= 0.3 is 0 Å². The van der Waals surface area contributed by atoms with E-state index in [1.165, 1.54) is 11.3 Å². The van der Waals surface area contributed by atoms with E-state index in [1.54, 1.807) is 38.1 Å². The maximum absolute atomic E-state index is 13.2. The number of rotatable bonds is 7. The summed E-state index contributed by atoms with van der Waals surface area (Å²) in [6, 6.07) is 6.16. The zero-order valence-electron chi connectivity index (χ0n) is 22.7. The van der Waals surface area contributed by atoms with Crippen LogP contribution in [-0.2, 0) is 18.4 Å². The number of nitrogens with zero attached hydrogens (tertiary/aromatic N) is 5. The van der Waals surface area contributed by atoms with Gasteiger partial charge in [-0.2, -0.15) is 5.26 Å². The smallest absolute Gasteiger partial charge is 0.265 e. The summed E-state index contributed by atoms with van der Waals surface area (Å²) >= 11 is 1.40. The van der Waals surface area contributed by atoms with Crippen molar-refractivity contribution < 1.29 is 14.3 Å². The number of hydrogen-bond acceptors (Lipinski definition) is 8. The third-order valence-electron chi connectivity index (χ3n) is 7.80. The fraction of sp³-hybridized carbons (Fsp3) is 0.379. The summed E-state index contributed by atoms with van der Waals surface area (Å²) < 4.78 is 13.2. The molecule has 6 rings (SSSR count). The van der Waals surface area contributed by atoms with Gasteiger partial charge in [0, 0.05) is 67.7 Å². The van der Waals surface area contributed by atoms with Gasteiger partial charge in [0.15, 0.2) is 0 Å². The van der Waals surface area contributed by atoms with E-state index in [-0.39, 0.29) is 29.1 Å². The van der Waals surface area contributed by atoms with Crippen molar-refractivity contribution in [3.8, 4) is 28.7 Å². The summed E-state index contributed by atoms with van der Waals surface area (Å²) in [5.74, 6) is 1.19. The molecule has 0 radical (unpaired) electrons. The fourth-order valence-corrected chi connectivity index (χ4v) is 6.22. The van der Waals surface area contributed by atoms with Gasteiger partial charge in [0.2, 0.25) is 0 Å². The highest BCUT2D eigenvalue weighted by atomic mass is 32.1. The molecule has 1 aromatic carbocycles. The molecule has 9 nitrogen and oxygen atoms in total. The molecule has 2 bridgehead atoms. The van der Waals surface area contributed by atoms with Gasteiger partial charge in [0.1, 0.15) is 28.1 Å². The van der Waals surface area contributed by atoms with E-state index in [2.05, 4.69) is 16.0 Å². The Morgan fingerprint density at radius 1 is 1.18 bits per heavy atom. The van der Waals surface area contributed by atoms with Gasteiger partial charge in [-0.15, -0.1) is 11.3 Å². The van der Waals surface area contributed by atoms with Gasteiger partial charge < -0.3 is 18.9 Å². The van der Waals surface area contributed by atoms with E-state index in [4.69, 9.17) is 9.47 Å². The topological polar surface area (TPSA) is 101 Å². The van der Waals surface area contributed by atoms with Gasteiger partial charge in [-0.05, 0) is 49.6 Å². The van der Waals surface area contributed by atoms with Crippen molar-refractivity contribution in [3.63, 3.8) is 0 Å². The molecule has 39 heavy (non-hydrogen) atoms. The third kappa shape index (κ3) is 4.84. The third-order valence-corrected chi connectivity index (χ3v) is 8.53. The maximum atomic E-state index is 13.2. The number of aromatic nitrogens is 2. The summed E-state index contributed by atoms with van der Waals surface area (Å²) in [6.07, 6.45) is 6.01. The van der Waals surface area contributed by atoms with Crippen LogP contribution in [0, 0.1) is 25.2 Å². The highest BCUT2D eigenvalue weighted by molar-refractivity contribution is 7.10. The zero-order chi connectivity index (χ0) is 27.8. The van der Waals surface area contributed by atoms with Crippen LogP contribution in [-0.4, -0.2) is 64.7 Å². The van der Waals surface area contributed by atoms with Crippen molar-refractivity contribution in [1.29, 1.82) is 5.26 Å². The molecule has 0 spiro atoms. The molecule has 10 heteroatoms. The molecule has 202 valence electrons. The van der Waals surface area contributed by atoms with Gasteiger partial charge in [0.25, 0.3) is 11.5 Å². The van der Waals surface area contributed by atoms with Crippen LogP contribution in [0.15, 0.2) is 40.3 Å². The number of benzene rings is 1. The molecule has 2 atom stereocenters. The van der Waals surface area contributed by atoms with Crippen molar-refractivity contribution in [2.24, 2.45) is 7.05 Å². The number of thiazole rings is 1. The molecule has 1 amide bonds. The van der Waals surface area contributed by atoms with Gasteiger partial charge in [-0.25, -0.2) is 4.98 Å². The molecule has 0 aliphatic carbocycles. The van der Waals surface area contributed by atoms with Crippen molar-refractivity contribution in [1.82, 2.24) is 19.4 Å². The Morgan fingerprint density at radius 2 is 1.85 bits per heavy atom. The second-order valence-electron chi connectivity index (χ2n) is 10.1. The molecule has 2 aromatic heterocycles. The van der Waals surface area contributed by atoms with Crippen LogP contribution in [0.3, 0.4) is 0 Å². The lowest BCUT2D eigenvalue weighted by atomic mass is 9.86. The first-order valence-corrected chi connectivity index (χ1v) is 13.6. The zero-order valence-corrected chi connectivity index (χ0v) is 23.5. The summed E-state index contributed by atoms with van der Waals surface area (Å²) in [5, 5.41) is 12.1. The first-order valence-electron chi connectivity index (χ1n) is 12.7. The van der Waals surface area contributed by atoms with E-state index in [1.807, 2.05) is 42.5 Å². The lowest BCUT2D eigenvalue weighted by molar-refractivity contribution is -0.149. The molecule has 3 aromatic rings. The first kappa shape index (κ1) is 26.7. The van der Waals surface area contributed by atoms with Crippen molar-refractivity contribution in [3.05, 3.63) is 67.5 Å². The molecular weight excluding hydrogens is 514 g/mol. The van der Waals surface area contributed by atoms with Crippen LogP contribution in [0.1, 0.15) is 28.1 Å². The second kappa shape index (κ2) is 10.7. The van der Waals surface area contributed by atoms with Crippen LogP contribution in [0.25, 0.3) is 17.2 Å².